The van der Waals surface area contributed by atoms with Gasteiger partial charge in [-0.3, -0.25) is 9.78 Å². The lowest BCUT2D eigenvalue weighted by Crippen LogP contribution is -2.20. The first-order valence-electron chi connectivity index (χ1n) is 8.74. The minimum absolute atomic E-state index is 0.0251. The van der Waals surface area contributed by atoms with Crippen molar-refractivity contribution in [1.82, 2.24) is 19.7 Å². The molecule has 11 heteroatoms. The van der Waals surface area contributed by atoms with Crippen molar-refractivity contribution in [2.75, 3.05) is 19.0 Å². The highest BCUT2D eigenvalue weighted by atomic mass is 19.4. The number of aromatic amines is 1. The van der Waals surface area contributed by atoms with Crippen LogP contribution in [0.15, 0.2) is 23.0 Å². The summed E-state index contributed by atoms with van der Waals surface area (Å²) >= 11 is 0. The summed E-state index contributed by atoms with van der Waals surface area (Å²) in [5.41, 5.74) is -1.50. The van der Waals surface area contributed by atoms with E-state index in [-0.39, 0.29) is 34.7 Å². The molecule has 0 amide bonds. The van der Waals surface area contributed by atoms with Crippen LogP contribution in [-0.2, 0) is 12.8 Å². The van der Waals surface area contributed by atoms with Gasteiger partial charge in [-0.1, -0.05) is 13.0 Å². The van der Waals surface area contributed by atoms with E-state index in [1.807, 2.05) is 0 Å². The van der Waals surface area contributed by atoms with Gasteiger partial charge in [0, 0.05) is 19.7 Å². The molecule has 0 aliphatic rings. The number of halogens is 4. The molecule has 156 valence electrons. The van der Waals surface area contributed by atoms with Crippen molar-refractivity contribution in [3.63, 3.8) is 0 Å². The average molecular weight is 413 g/mol. The van der Waals surface area contributed by atoms with Gasteiger partial charge in [0.15, 0.2) is 5.65 Å². The number of anilines is 1. The fraction of sp³-hybridized carbons (Fsp3) is 0.389. The SMILES string of the molecule is CC[C@@H](c1ccc(C(F)(F)F)cc1F)n1nc(CO)c2c(=O)[nH]c(N(C)C)nc21. The summed E-state index contributed by atoms with van der Waals surface area (Å²) in [6.07, 6.45) is -4.41. The van der Waals surface area contributed by atoms with Gasteiger partial charge in [-0.15, -0.1) is 0 Å². The van der Waals surface area contributed by atoms with Gasteiger partial charge in [0.1, 0.15) is 16.9 Å². The van der Waals surface area contributed by atoms with Gasteiger partial charge in [0.2, 0.25) is 5.95 Å². The van der Waals surface area contributed by atoms with Crippen molar-refractivity contribution in [3.8, 4) is 0 Å². The summed E-state index contributed by atoms with van der Waals surface area (Å²) in [7, 11) is 3.31. The van der Waals surface area contributed by atoms with E-state index in [2.05, 4.69) is 15.1 Å². The van der Waals surface area contributed by atoms with Gasteiger partial charge in [-0.05, 0) is 18.6 Å². The first kappa shape index (κ1) is 20.8. The zero-order valence-corrected chi connectivity index (χ0v) is 15.9. The molecule has 0 unspecified atom stereocenters. The number of aromatic nitrogens is 4. The van der Waals surface area contributed by atoms with Crippen molar-refractivity contribution in [2.24, 2.45) is 0 Å². The molecule has 2 N–H and O–H groups in total. The molecule has 1 aromatic carbocycles. The van der Waals surface area contributed by atoms with Crippen molar-refractivity contribution in [1.29, 1.82) is 0 Å². The quantitative estimate of drug-likeness (QED) is 0.629. The Bertz CT molecular complexity index is 1100. The summed E-state index contributed by atoms with van der Waals surface area (Å²) in [5, 5.41) is 13.8. The molecule has 0 aliphatic carbocycles. The van der Waals surface area contributed by atoms with E-state index in [1.54, 1.807) is 25.9 Å². The zero-order valence-electron chi connectivity index (χ0n) is 15.9. The summed E-state index contributed by atoms with van der Waals surface area (Å²) in [4.78, 5) is 20.9. The Labute approximate surface area is 162 Å². The molecule has 3 aromatic rings. The van der Waals surface area contributed by atoms with Gasteiger partial charge in [-0.25, -0.2) is 9.07 Å². The van der Waals surface area contributed by atoms with Crippen molar-refractivity contribution in [2.45, 2.75) is 32.2 Å². The van der Waals surface area contributed by atoms with Crippen LogP contribution in [-0.4, -0.2) is 39.0 Å². The molecule has 29 heavy (non-hydrogen) atoms. The van der Waals surface area contributed by atoms with Gasteiger partial charge in [0.05, 0.1) is 18.2 Å². The molecule has 0 radical (unpaired) electrons. The van der Waals surface area contributed by atoms with Crippen LogP contribution < -0.4 is 10.5 Å². The van der Waals surface area contributed by atoms with Gasteiger partial charge < -0.3 is 10.0 Å². The van der Waals surface area contributed by atoms with Crippen LogP contribution in [0.25, 0.3) is 11.0 Å². The number of hydrogen-bond acceptors (Lipinski definition) is 5. The van der Waals surface area contributed by atoms with E-state index in [0.29, 0.717) is 6.07 Å². The van der Waals surface area contributed by atoms with Crippen molar-refractivity contribution in [3.05, 3.63) is 51.2 Å². The minimum atomic E-state index is -4.67. The van der Waals surface area contributed by atoms with Crippen LogP contribution in [0.2, 0.25) is 0 Å². The van der Waals surface area contributed by atoms with E-state index < -0.39 is 35.8 Å². The molecule has 0 saturated heterocycles. The predicted molar refractivity (Wildman–Crippen MR) is 98.2 cm³/mol. The van der Waals surface area contributed by atoms with Crippen LogP contribution in [0.1, 0.15) is 36.2 Å². The number of rotatable bonds is 5. The number of nitrogens with zero attached hydrogens (tertiary/aromatic N) is 4. The van der Waals surface area contributed by atoms with Gasteiger partial charge in [-0.2, -0.15) is 23.3 Å². The highest BCUT2D eigenvalue weighted by Crippen LogP contribution is 2.33. The number of fused-ring (bicyclic) bond motifs is 1. The molecule has 2 aromatic heterocycles. The zero-order chi connectivity index (χ0) is 21.5. The van der Waals surface area contributed by atoms with Crippen LogP contribution in [0.5, 0.6) is 0 Å². The number of hydrogen-bond donors (Lipinski definition) is 2. The fourth-order valence-electron chi connectivity index (χ4n) is 3.14. The van der Waals surface area contributed by atoms with E-state index in [4.69, 9.17) is 0 Å². The molecule has 0 aliphatic heterocycles. The molecule has 0 saturated carbocycles. The Kier molecular flexibility index (Phi) is 5.35. The topological polar surface area (TPSA) is 87.0 Å². The Hall–Kier alpha value is -2.95. The van der Waals surface area contributed by atoms with E-state index >= 15 is 0 Å². The number of benzene rings is 1. The summed E-state index contributed by atoms with van der Waals surface area (Å²) in [6.45, 7) is 1.15. The van der Waals surface area contributed by atoms with Gasteiger partial charge in [0.25, 0.3) is 5.56 Å². The summed E-state index contributed by atoms with van der Waals surface area (Å²) in [5.74, 6) is -0.825. The molecule has 3 rings (SSSR count). The third-order valence-corrected chi connectivity index (χ3v) is 4.56. The number of aliphatic hydroxyl groups excluding tert-OH is 1. The van der Waals surface area contributed by atoms with Crippen LogP contribution in [0.3, 0.4) is 0 Å². The standard InChI is InChI=1S/C18H19F4N5O2/c1-4-13(10-6-5-9(7-11(10)19)18(20,21)22)27-15-14(12(8-28)25-27)16(29)24-17(23-15)26(2)3/h5-7,13,28H,4,8H2,1-3H3,(H,23,24,29)/t13-/m0/s1. The number of nitrogens with one attached hydrogen (secondary N) is 1. The number of H-pyrrole nitrogens is 1. The first-order valence-corrected chi connectivity index (χ1v) is 8.74. The van der Waals surface area contributed by atoms with Crippen LogP contribution in [0.4, 0.5) is 23.5 Å². The van der Waals surface area contributed by atoms with Crippen molar-refractivity contribution >= 4 is 17.0 Å². The predicted octanol–water partition coefficient (Wildman–Crippen LogP) is 2.84. The highest BCUT2D eigenvalue weighted by molar-refractivity contribution is 5.78. The number of aliphatic hydroxyl groups is 1. The second-order valence-electron chi connectivity index (χ2n) is 6.69. The average Bonchev–Trinajstić information content (AvgIpc) is 3.02. The maximum absolute atomic E-state index is 14.6. The molecular formula is C18H19F4N5O2. The molecule has 2 heterocycles. The summed E-state index contributed by atoms with van der Waals surface area (Å²) in [6, 6.07) is 1.45. The smallest absolute Gasteiger partial charge is 0.390 e. The lowest BCUT2D eigenvalue weighted by Gasteiger charge is -2.19. The Balaban J connectivity index is 2.24. The first-order chi connectivity index (χ1) is 13.6. The number of alkyl halides is 3. The Morgan fingerprint density at radius 2 is 2.00 bits per heavy atom. The van der Waals surface area contributed by atoms with Crippen LogP contribution >= 0.6 is 0 Å². The lowest BCUT2D eigenvalue weighted by molar-refractivity contribution is -0.137. The van der Waals surface area contributed by atoms with Crippen molar-refractivity contribution < 1.29 is 22.7 Å². The maximum atomic E-state index is 14.6. The fourth-order valence-corrected chi connectivity index (χ4v) is 3.14. The maximum Gasteiger partial charge on any atom is 0.416 e. The second-order valence-corrected chi connectivity index (χ2v) is 6.69. The van der Waals surface area contributed by atoms with E-state index in [9.17, 15) is 27.5 Å². The molecule has 0 fully saturated rings. The Morgan fingerprint density at radius 3 is 2.52 bits per heavy atom. The lowest BCUT2D eigenvalue weighted by atomic mass is 10.0. The Morgan fingerprint density at radius 1 is 1.31 bits per heavy atom. The van der Waals surface area contributed by atoms with E-state index in [1.165, 1.54) is 4.68 Å². The second kappa shape index (κ2) is 7.47. The van der Waals surface area contributed by atoms with Crippen LogP contribution in [0, 0.1) is 5.82 Å². The summed E-state index contributed by atoms with van der Waals surface area (Å²) < 4.78 is 54.5. The third-order valence-electron chi connectivity index (χ3n) is 4.56. The largest absolute Gasteiger partial charge is 0.416 e. The normalized spacial score (nSPS) is 13.1. The van der Waals surface area contributed by atoms with E-state index in [0.717, 1.165) is 12.1 Å². The highest BCUT2D eigenvalue weighted by Gasteiger charge is 2.32. The molecule has 1 atom stereocenters. The molecule has 7 nitrogen and oxygen atoms in total. The molecule has 0 spiro atoms. The molecular weight excluding hydrogens is 394 g/mol. The minimum Gasteiger partial charge on any atom is -0.390 e. The monoisotopic (exact) mass is 413 g/mol. The molecule has 0 bridgehead atoms. The third kappa shape index (κ3) is 3.69. The van der Waals surface area contributed by atoms with Gasteiger partial charge >= 0.3 is 6.18 Å².